The number of aromatic nitrogens is 3. The van der Waals surface area contributed by atoms with Gasteiger partial charge < -0.3 is 14.6 Å². The van der Waals surface area contributed by atoms with Crippen LogP contribution in [0, 0.1) is 0 Å². The fourth-order valence-electron chi connectivity index (χ4n) is 2.70. The largest absolute Gasteiger partial charge is 0.497 e. The number of nitrogens with one attached hydrogen (secondary N) is 1. The zero-order chi connectivity index (χ0) is 19.3. The van der Waals surface area contributed by atoms with Gasteiger partial charge in [0.1, 0.15) is 11.6 Å². The number of methoxy groups -OCH3 is 1. The molecule has 0 saturated heterocycles. The van der Waals surface area contributed by atoms with Crippen molar-refractivity contribution < 1.29 is 9.26 Å². The molecule has 1 N–H and O–H groups in total. The number of hydrogen-bond donors (Lipinski definition) is 1. The Labute approximate surface area is 167 Å². The van der Waals surface area contributed by atoms with Crippen LogP contribution in [-0.4, -0.2) is 22.2 Å². The maximum Gasteiger partial charge on any atom is 0.261 e. The Morgan fingerprint density at radius 2 is 1.82 bits per heavy atom. The first-order valence-electron chi connectivity index (χ1n) is 8.65. The molecule has 0 atom stereocenters. The van der Waals surface area contributed by atoms with Gasteiger partial charge in [-0.2, -0.15) is 4.98 Å². The van der Waals surface area contributed by atoms with Crippen molar-refractivity contribution in [3.63, 3.8) is 0 Å². The van der Waals surface area contributed by atoms with Gasteiger partial charge in [-0.05, 0) is 54.1 Å². The molecule has 2 aromatic heterocycles. The van der Waals surface area contributed by atoms with Crippen LogP contribution < -0.4 is 10.1 Å². The second-order valence-electron chi connectivity index (χ2n) is 6.03. The summed E-state index contributed by atoms with van der Waals surface area (Å²) in [5.41, 5.74) is 2.67. The van der Waals surface area contributed by atoms with Crippen LogP contribution >= 0.6 is 11.6 Å². The molecule has 2 heterocycles. The number of hydrogen-bond acceptors (Lipinski definition) is 6. The van der Waals surface area contributed by atoms with Gasteiger partial charge in [0, 0.05) is 23.3 Å². The highest BCUT2D eigenvalue weighted by Crippen LogP contribution is 2.28. The quantitative estimate of drug-likeness (QED) is 0.493. The minimum absolute atomic E-state index is 0.400. The average molecular weight is 393 g/mol. The smallest absolute Gasteiger partial charge is 0.261 e. The highest BCUT2D eigenvalue weighted by Gasteiger charge is 2.15. The fourth-order valence-corrected chi connectivity index (χ4v) is 2.82. The molecule has 0 amide bonds. The van der Waals surface area contributed by atoms with E-state index in [9.17, 15) is 0 Å². The summed E-state index contributed by atoms with van der Waals surface area (Å²) in [6, 6.07) is 18.9. The van der Waals surface area contributed by atoms with Crippen molar-refractivity contribution in [2.45, 2.75) is 6.54 Å². The Bertz CT molecular complexity index is 1060. The Morgan fingerprint density at radius 1 is 1.04 bits per heavy atom. The number of benzene rings is 2. The van der Waals surface area contributed by atoms with Crippen molar-refractivity contribution >= 4 is 17.4 Å². The third kappa shape index (κ3) is 3.97. The number of anilines is 1. The standard InChI is InChI=1S/C21H17ClN4O2/c1-27-17-10-6-15(7-11-17)19-25-21(28-26-19)18-3-2-12-23-20(18)24-13-14-4-8-16(22)9-5-14/h2-12H,13H2,1H3,(H,23,24). The van der Waals surface area contributed by atoms with Gasteiger partial charge in [-0.25, -0.2) is 4.98 Å². The molecule has 0 fully saturated rings. The Hall–Kier alpha value is -3.38. The van der Waals surface area contributed by atoms with E-state index in [2.05, 4.69) is 20.4 Å². The van der Waals surface area contributed by atoms with Crippen LogP contribution in [0.5, 0.6) is 5.75 Å². The van der Waals surface area contributed by atoms with Crippen LogP contribution in [0.2, 0.25) is 5.02 Å². The normalized spacial score (nSPS) is 10.6. The molecule has 28 heavy (non-hydrogen) atoms. The maximum absolute atomic E-state index is 5.94. The van der Waals surface area contributed by atoms with Gasteiger partial charge in [-0.15, -0.1) is 0 Å². The highest BCUT2D eigenvalue weighted by molar-refractivity contribution is 6.30. The third-order valence-electron chi connectivity index (χ3n) is 4.19. The Morgan fingerprint density at radius 3 is 2.57 bits per heavy atom. The van der Waals surface area contributed by atoms with E-state index < -0.39 is 0 Å². The van der Waals surface area contributed by atoms with E-state index in [-0.39, 0.29) is 0 Å². The van der Waals surface area contributed by atoms with E-state index >= 15 is 0 Å². The van der Waals surface area contributed by atoms with E-state index in [1.807, 2.05) is 60.7 Å². The molecular weight excluding hydrogens is 376 g/mol. The molecule has 7 heteroatoms. The van der Waals surface area contributed by atoms with Gasteiger partial charge in [0.15, 0.2) is 0 Å². The molecule has 4 aromatic rings. The first kappa shape index (κ1) is 18.0. The number of halogens is 1. The minimum atomic E-state index is 0.400. The molecule has 0 saturated carbocycles. The number of rotatable bonds is 6. The second-order valence-corrected chi connectivity index (χ2v) is 6.47. The van der Waals surface area contributed by atoms with Gasteiger partial charge in [0.25, 0.3) is 5.89 Å². The average Bonchev–Trinajstić information content (AvgIpc) is 3.24. The van der Waals surface area contributed by atoms with Crippen LogP contribution in [0.4, 0.5) is 5.82 Å². The van der Waals surface area contributed by atoms with Crippen molar-refractivity contribution in [3.8, 4) is 28.6 Å². The Balaban J connectivity index is 1.56. The molecule has 0 unspecified atom stereocenters. The SMILES string of the molecule is COc1ccc(-c2noc(-c3cccnc3NCc3ccc(Cl)cc3)n2)cc1. The van der Waals surface area contributed by atoms with Gasteiger partial charge in [-0.1, -0.05) is 28.9 Å². The molecule has 6 nitrogen and oxygen atoms in total. The lowest BCUT2D eigenvalue weighted by Gasteiger charge is -2.08. The first-order chi connectivity index (χ1) is 13.7. The van der Waals surface area contributed by atoms with Crippen molar-refractivity contribution in [2.24, 2.45) is 0 Å². The summed E-state index contributed by atoms with van der Waals surface area (Å²) >= 11 is 5.94. The maximum atomic E-state index is 5.94. The minimum Gasteiger partial charge on any atom is -0.497 e. The van der Waals surface area contributed by atoms with Crippen LogP contribution in [0.25, 0.3) is 22.8 Å². The number of nitrogens with zero attached hydrogens (tertiary/aromatic N) is 3. The zero-order valence-electron chi connectivity index (χ0n) is 15.1. The van der Waals surface area contributed by atoms with E-state index in [0.29, 0.717) is 29.1 Å². The molecule has 2 aromatic carbocycles. The molecule has 0 aliphatic carbocycles. The summed E-state index contributed by atoms with van der Waals surface area (Å²) in [7, 11) is 1.63. The summed E-state index contributed by atoms with van der Waals surface area (Å²) in [4.78, 5) is 8.93. The van der Waals surface area contributed by atoms with E-state index in [1.165, 1.54) is 0 Å². The summed E-state index contributed by atoms with van der Waals surface area (Å²) in [6.45, 7) is 0.598. The lowest BCUT2D eigenvalue weighted by molar-refractivity contribution is 0.415. The predicted molar refractivity (Wildman–Crippen MR) is 108 cm³/mol. The van der Waals surface area contributed by atoms with E-state index in [1.54, 1.807) is 13.3 Å². The van der Waals surface area contributed by atoms with Crippen molar-refractivity contribution in [1.29, 1.82) is 0 Å². The van der Waals surface area contributed by atoms with Crippen LogP contribution in [-0.2, 0) is 6.54 Å². The topological polar surface area (TPSA) is 73.1 Å². The van der Waals surface area contributed by atoms with Crippen LogP contribution in [0.15, 0.2) is 71.4 Å². The van der Waals surface area contributed by atoms with Crippen LogP contribution in [0.1, 0.15) is 5.56 Å². The lowest BCUT2D eigenvalue weighted by atomic mass is 10.2. The summed E-state index contributed by atoms with van der Waals surface area (Å²) < 4.78 is 10.7. The van der Waals surface area contributed by atoms with Crippen molar-refractivity contribution in [2.75, 3.05) is 12.4 Å². The van der Waals surface area contributed by atoms with Gasteiger partial charge in [-0.3, -0.25) is 0 Å². The monoisotopic (exact) mass is 392 g/mol. The molecule has 0 aliphatic heterocycles. The van der Waals surface area contributed by atoms with Crippen LogP contribution in [0.3, 0.4) is 0 Å². The molecule has 140 valence electrons. The van der Waals surface area contributed by atoms with Gasteiger partial charge >= 0.3 is 0 Å². The second kappa shape index (κ2) is 8.10. The summed E-state index contributed by atoms with van der Waals surface area (Å²) in [6.07, 6.45) is 1.72. The van der Waals surface area contributed by atoms with Crippen molar-refractivity contribution in [1.82, 2.24) is 15.1 Å². The molecule has 0 radical (unpaired) electrons. The number of ether oxygens (including phenoxy) is 1. The first-order valence-corrected chi connectivity index (χ1v) is 9.02. The predicted octanol–water partition coefficient (Wildman–Crippen LogP) is 5.07. The van der Waals surface area contributed by atoms with Crippen molar-refractivity contribution in [3.05, 3.63) is 77.4 Å². The summed E-state index contributed by atoms with van der Waals surface area (Å²) in [5, 5.41) is 8.11. The molecule has 4 rings (SSSR count). The van der Waals surface area contributed by atoms with E-state index in [4.69, 9.17) is 20.9 Å². The molecule has 0 bridgehead atoms. The van der Waals surface area contributed by atoms with Gasteiger partial charge in [0.2, 0.25) is 5.82 Å². The fraction of sp³-hybridized carbons (Fsp3) is 0.0952. The molecule has 0 aliphatic rings. The summed E-state index contributed by atoms with van der Waals surface area (Å²) in [5.74, 6) is 2.35. The molecular formula is C21H17ClN4O2. The highest BCUT2D eigenvalue weighted by atomic mass is 35.5. The molecule has 0 spiro atoms. The number of pyridine rings is 1. The van der Waals surface area contributed by atoms with E-state index in [0.717, 1.165) is 22.4 Å². The third-order valence-corrected chi connectivity index (χ3v) is 4.44. The Kier molecular flexibility index (Phi) is 5.21. The van der Waals surface area contributed by atoms with Gasteiger partial charge in [0.05, 0.1) is 12.7 Å². The lowest BCUT2D eigenvalue weighted by Crippen LogP contribution is -2.02. The zero-order valence-corrected chi connectivity index (χ0v) is 15.8.